The third kappa shape index (κ3) is 3.77. The topological polar surface area (TPSA) is 58.3 Å². The summed E-state index contributed by atoms with van der Waals surface area (Å²) in [5, 5.41) is 11.9. The monoisotopic (exact) mass is 194 g/mol. The number of hydrogen-bond acceptors (Lipinski definition) is 3. The van der Waals surface area contributed by atoms with Crippen LogP contribution >= 0.6 is 0 Å². The smallest absolute Gasteiger partial charge is 0.0556 e. The van der Waals surface area contributed by atoms with Crippen LogP contribution in [0.15, 0.2) is 24.3 Å². The number of rotatable bonds is 5. The molecule has 1 aromatic rings. The second kappa shape index (κ2) is 5.62. The minimum absolute atomic E-state index is 0.187. The molecule has 0 aliphatic rings. The van der Waals surface area contributed by atoms with E-state index in [2.05, 4.69) is 12.2 Å². The Labute approximate surface area is 84.9 Å². The quantitative estimate of drug-likeness (QED) is 0.607. The normalized spacial score (nSPS) is 12.7. The Morgan fingerprint density at radius 2 is 2.00 bits per heavy atom. The molecule has 1 unspecified atom stereocenters. The third-order valence-corrected chi connectivity index (χ3v) is 2.13. The third-order valence-electron chi connectivity index (χ3n) is 2.13. The summed E-state index contributed by atoms with van der Waals surface area (Å²) in [4.78, 5) is 0. The van der Waals surface area contributed by atoms with E-state index in [1.165, 1.54) is 5.56 Å². The van der Waals surface area contributed by atoms with Crippen LogP contribution in [0.1, 0.15) is 12.5 Å². The van der Waals surface area contributed by atoms with Crippen LogP contribution in [0, 0.1) is 0 Å². The predicted octanol–water partition coefficient (Wildman–Crippen LogP) is 0.782. The van der Waals surface area contributed by atoms with Gasteiger partial charge >= 0.3 is 0 Å². The van der Waals surface area contributed by atoms with E-state index < -0.39 is 0 Å². The number of nitrogens with two attached hydrogens (primary N) is 1. The number of anilines is 1. The first-order valence-electron chi connectivity index (χ1n) is 4.91. The van der Waals surface area contributed by atoms with Gasteiger partial charge in [-0.3, -0.25) is 0 Å². The Kier molecular flexibility index (Phi) is 4.43. The van der Waals surface area contributed by atoms with Crippen LogP contribution in [0.5, 0.6) is 0 Å². The molecule has 0 spiro atoms. The average molecular weight is 194 g/mol. The Hall–Kier alpha value is -1.06. The summed E-state index contributed by atoms with van der Waals surface area (Å²) in [6, 6.07) is 8.27. The van der Waals surface area contributed by atoms with E-state index in [1.54, 1.807) is 0 Å². The van der Waals surface area contributed by atoms with Crippen molar-refractivity contribution >= 4 is 5.69 Å². The van der Waals surface area contributed by atoms with Crippen LogP contribution in [0.25, 0.3) is 0 Å². The van der Waals surface area contributed by atoms with Gasteiger partial charge in [-0.15, -0.1) is 0 Å². The number of nitrogen functional groups attached to an aromatic ring is 1. The van der Waals surface area contributed by atoms with E-state index >= 15 is 0 Å². The molecule has 1 aromatic carbocycles. The summed E-state index contributed by atoms with van der Waals surface area (Å²) in [6.07, 6.45) is 0.959. The molecule has 14 heavy (non-hydrogen) atoms. The molecule has 0 saturated carbocycles. The highest BCUT2D eigenvalue weighted by atomic mass is 16.3. The molecule has 3 nitrogen and oxygen atoms in total. The molecule has 78 valence electrons. The van der Waals surface area contributed by atoms with Crippen LogP contribution in [0.3, 0.4) is 0 Å². The lowest BCUT2D eigenvalue weighted by Gasteiger charge is -2.12. The summed E-state index contributed by atoms with van der Waals surface area (Å²) >= 11 is 0. The standard InChI is InChI=1S/C11H18N2O/c1-9(13-6-7-14)8-10-2-4-11(12)5-3-10/h2-5,9,13-14H,6-8,12H2,1H3. The van der Waals surface area contributed by atoms with Crippen molar-refractivity contribution < 1.29 is 5.11 Å². The molecule has 0 amide bonds. The summed E-state index contributed by atoms with van der Waals surface area (Å²) in [7, 11) is 0. The SMILES string of the molecule is CC(Cc1ccc(N)cc1)NCCO. The number of aliphatic hydroxyl groups is 1. The van der Waals surface area contributed by atoms with E-state index in [0.29, 0.717) is 12.6 Å². The largest absolute Gasteiger partial charge is 0.399 e. The highest BCUT2D eigenvalue weighted by molar-refractivity contribution is 5.39. The van der Waals surface area contributed by atoms with Crippen LogP contribution in [-0.4, -0.2) is 24.3 Å². The lowest BCUT2D eigenvalue weighted by Crippen LogP contribution is -2.30. The molecule has 0 fully saturated rings. The van der Waals surface area contributed by atoms with Crippen LogP contribution in [0.4, 0.5) is 5.69 Å². The first-order valence-corrected chi connectivity index (χ1v) is 4.91. The first-order chi connectivity index (χ1) is 6.72. The van der Waals surface area contributed by atoms with Gasteiger partial charge in [0.25, 0.3) is 0 Å². The van der Waals surface area contributed by atoms with Crippen molar-refractivity contribution in [3.63, 3.8) is 0 Å². The molecule has 0 heterocycles. The second-order valence-electron chi connectivity index (χ2n) is 3.52. The van der Waals surface area contributed by atoms with Crippen molar-refractivity contribution in [2.45, 2.75) is 19.4 Å². The number of aliphatic hydroxyl groups excluding tert-OH is 1. The summed E-state index contributed by atoms with van der Waals surface area (Å²) in [5.74, 6) is 0. The highest BCUT2D eigenvalue weighted by Gasteiger charge is 2.01. The average Bonchev–Trinajstić information content (AvgIpc) is 2.18. The molecule has 0 saturated heterocycles. The molecule has 0 aliphatic heterocycles. The molecular formula is C11H18N2O. The molecule has 0 aliphatic carbocycles. The molecule has 1 atom stereocenters. The van der Waals surface area contributed by atoms with Gasteiger partial charge in [0.05, 0.1) is 6.61 Å². The van der Waals surface area contributed by atoms with E-state index in [9.17, 15) is 0 Å². The number of hydrogen-bond donors (Lipinski definition) is 3. The summed E-state index contributed by atoms with van der Waals surface area (Å²) < 4.78 is 0. The zero-order valence-electron chi connectivity index (χ0n) is 8.53. The van der Waals surface area contributed by atoms with Crippen molar-refractivity contribution in [2.24, 2.45) is 0 Å². The van der Waals surface area contributed by atoms with Gasteiger partial charge < -0.3 is 16.2 Å². The molecular weight excluding hydrogens is 176 g/mol. The molecule has 0 aromatic heterocycles. The van der Waals surface area contributed by atoms with Gasteiger partial charge in [-0.2, -0.15) is 0 Å². The fourth-order valence-corrected chi connectivity index (χ4v) is 1.39. The van der Waals surface area contributed by atoms with E-state index in [1.807, 2.05) is 24.3 Å². The predicted molar refractivity (Wildman–Crippen MR) is 59.1 cm³/mol. The Morgan fingerprint density at radius 3 is 2.57 bits per heavy atom. The summed E-state index contributed by atoms with van der Waals surface area (Å²) in [6.45, 7) is 2.94. The van der Waals surface area contributed by atoms with Gasteiger partial charge in [-0.25, -0.2) is 0 Å². The van der Waals surface area contributed by atoms with Gasteiger partial charge in [0.2, 0.25) is 0 Å². The maximum Gasteiger partial charge on any atom is 0.0556 e. The number of nitrogens with one attached hydrogen (secondary N) is 1. The van der Waals surface area contributed by atoms with Crippen LogP contribution in [0.2, 0.25) is 0 Å². The van der Waals surface area contributed by atoms with Crippen molar-refractivity contribution in [2.75, 3.05) is 18.9 Å². The van der Waals surface area contributed by atoms with Crippen LogP contribution < -0.4 is 11.1 Å². The Morgan fingerprint density at radius 1 is 1.36 bits per heavy atom. The fraction of sp³-hybridized carbons (Fsp3) is 0.455. The Balaban J connectivity index is 2.39. The summed E-state index contributed by atoms with van der Waals surface area (Å²) in [5.41, 5.74) is 7.65. The maximum atomic E-state index is 8.64. The molecule has 4 N–H and O–H groups in total. The fourth-order valence-electron chi connectivity index (χ4n) is 1.39. The molecule has 0 radical (unpaired) electrons. The van der Waals surface area contributed by atoms with Crippen molar-refractivity contribution in [3.05, 3.63) is 29.8 Å². The van der Waals surface area contributed by atoms with Crippen molar-refractivity contribution in [1.82, 2.24) is 5.32 Å². The van der Waals surface area contributed by atoms with Crippen molar-refractivity contribution in [3.8, 4) is 0 Å². The van der Waals surface area contributed by atoms with Gasteiger partial charge in [-0.05, 0) is 31.0 Å². The Bertz CT molecular complexity index is 258. The van der Waals surface area contributed by atoms with Gasteiger partial charge in [-0.1, -0.05) is 12.1 Å². The number of benzene rings is 1. The van der Waals surface area contributed by atoms with Gasteiger partial charge in [0.15, 0.2) is 0 Å². The minimum Gasteiger partial charge on any atom is -0.399 e. The molecule has 3 heteroatoms. The van der Waals surface area contributed by atoms with E-state index in [-0.39, 0.29) is 6.61 Å². The van der Waals surface area contributed by atoms with Crippen molar-refractivity contribution in [1.29, 1.82) is 0 Å². The minimum atomic E-state index is 0.187. The lowest BCUT2D eigenvalue weighted by atomic mass is 10.1. The van der Waals surface area contributed by atoms with Gasteiger partial charge in [0, 0.05) is 18.3 Å². The van der Waals surface area contributed by atoms with E-state index in [0.717, 1.165) is 12.1 Å². The second-order valence-corrected chi connectivity index (χ2v) is 3.52. The zero-order chi connectivity index (χ0) is 10.4. The molecule has 0 bridgehead atoms. The zero-order valence-corrected chi connectivity index (χ0v) is 8.53. The van der Waals surface area contributed by atoms with E-state index in [4.69, 9.17) is 10.8 Å². The lowest BCUT2D eigenvalue weighted by molar-refractivity contribution is 0.285. The highest BCUT2D eigenvalue weighted by Crippen LogP contribution is 2.07. The van der Waals surface area contributed by atoms with Crippen LogP contribution in [-0.2, 0) is 6.42 Å². The van der Waals surface area contributed by atoms with Gasteiger partial charge in [0.1, 0.15) is 0 Å². The maximum absolute atomic E-state index is 8.64. The first kappa shape index (κ1) is 11.0. The molecule has 1 rings (SSSR count).